The molecule has 0 spiro atoms. The third-order valence-corrected chi connectivity index (χ3v) is 3.08. The summed E-state index contributed by atoms with van der Waals surface area (Å²) in [6.07, 6.45) is 4.45. The maximum Gasteiger partial charge on any atom is 0.0336 e. The van der Waals surface area contributed by atoms with Crippen molar-refractivity contribution in [2.24, 2.45) is 5.73 Å². The highest BCUT2D eigenvalue weighted by molar-refractivity contribution is 5.32. The third-order valence-electron chi connectivity index (χ3n) is 3.08. The first-order chi connectivity index (χ1) is 8.16. The van der Waals surface area contributed by atoms with E-state index in [4.69, 9.17) is 5.73 Å². The Balaban J connectivity index is 2.18. The minimum Gasteiger partial charge on any atom is -0.324 e. The molecule has 1 unspecified atom stereocenters. The molecule has 0 aliphatic carbocycles. The lowest BCUT2D eigenvalue weighted by atomic mass is 9.96. The average molecular weight is 226 g/mol. The van der Waals surface area contributed by atoms with Gasteiger partial charge in [0, 0.05) is 18.4 Å². The number of aryl methyl sites for hydroxylation is 2. The van der Waals surface area contributed by atoms with Gasteiger partial charge in [-0.15, -0.1) is 0 Å². The monoisotopic (exact) mass is 226 g/mol. The van der Waals surface area contributed by atoms with Crippen LogP contribution >= 0.6 is 0 Å². The van der Waals surface area contributed by atoms with E-state index in [0.717, 1.165) is 12.0 Å². The SMILES string of the molecule is Cc1ccc(C)c(CC(N)c2ccncc2)c1. The number of aromatic nitrogens is 1. The standard InChI is InChI=1S/C15H18N2/c1-11-3-4-12(2)14(9-11)10-15(16)13-5-7-17-8-6-13/h3-9,15H,10,16H2,1-2H3. The first kappa shape index (κ1) is 11.8. The predicted molar refractivity (Wildman–Crippen MR) is 70.8 cm³/mol. The van der Waals surface area contributed by atoms with Crippen LogP contribution in [-0.4, -0.2) is 4.98 Å². The third kappa shape index (κ3) is 2.92. The van der Waals surface area contributed by atoms with Crippen molar-refractivity contribution in [2.75, 3.05) is 0 Å². The van der Waals surface area contributed by atoms with Gasteiger partial charge in [0.1, 0.15) is 0 Å². The summed E-state index contributed by atoms with van der Waals surface area (Å²) < 4.78 is 0. The van der Waals surface area contributed by atoms with E-state index < -0.39 is 0 Å². The van der Waals surface area contributed by atoms with Crippen LogP contribution in [0.4, 0.5) is 0 Å². The Morgan fingerprint density at radius 1 is 1.12 bits per heavy atom. The Kier molecular flexibility index (Phi) is 3.55. The fourth-order valence-electron chi connectivity index (χ4n) is 1.99. The summed E-state index contributed by atoms with van der Waals surface area (Å²) in [6, 6.07) is 10.5. The highest BCUT2D eigenvalue weighted by Gasteiger charge is 2.08. The normalized spacial score (nSPS) is 12.4. The van der Waals surface area contributed by atoms with E-state index in [0.29, 0.717) is 0 Å². The molecule has 0 radical (unpaired) electrons. The second kappa shape index (κ2) is 5.11. The van der Waals surface area contributed by atoms with Crippen LogP contribution in [-0.2, 0) is 6.42 Å². The highest BCUT2D eigenvalue weighted by Crippen LogP contribution is 2.19. The van der Waals surface area contributed by atoms with E-state index in [-0.39, 0.29) is 6.04 Å². The first-order valence-corrected chi connectivity index (χ1v) is 5.88. The quantitative estimate of drug-likeness (QED) is 0.874. The zero-order valence-electron chi connectivity index (χ0n) is 10.4. The van der Waals surface area contributed by atoms with Gasteiger partial charge in [-0.1, -0.05) is 23.8 Å². The largest absolute Gasteiger partial charge is 0.324 e. The number of nitrogens with zero attached hydrogens (tertiary/aromatic N) is 1. The summed E-state index contributed by atoms with van der Waals surface area (Å²) >= 11 is 0. The Hall–Kier alpha value is -1.67. The molecule has 0 aliphatic heterocycles. The molecule has 1 atom stereocenters. The average Bonchev–Trinajstić information content (AvgIpc) is 2.35. The minimum absolute atomic E-state index is 0.0403. The summed E-state index contributed by atoms with van der Waals surface area (Å²) in [5.41, 5.74) is 11.3. The molecule has 1 heterocycles. The molecular formula is C15H18N2. The van der Waals surface area contributed by atoms with Crippen molar-refractivity contribution in [3.63, 3.8) is 0 Å². The zero-order chi connectivity index (χ0) is 12.3. The van der Waals surface area contributed by atoms with Gasteiger partial charge < -0.3 is 5.73 Å². The van der Waals surface area contributed by atoms with Crippen LogP contribution in [0.25, 0.3) is 0 Å². The van der Waals surface area contributed by atoms with Crippen molar-refractivity contribution < 1.29 is 0 Å². The summed E-state index contributed by atoms with van der Waals surface area (Å²) in [6.45, 7) is 4.24. The van der Waals surface area contributed by atoms with Crippen molar-refractivity contribution in [1.82, 2.24) is 4.98 Å². The van der Waals surface area contributed by atoms with Gasteiger partial charge in [-0.2, -0.15) is 0 Å². The molecule has 2 nitrogen and oxygen atoms in total. The maximum absolute atomic E-state index is 6.22. The van der Waals surface area contributed by atoms with Crippen LogP contribution in [0, 0.1) is 13.8 Å². The predicted octanol–water partition coefficient (Wildman–Crippen LogP) is 2.94. The van der Waals surface area contributed by atoms with Crippen LogP contribution in [0.3, 0.4) is 0 Å². The number of nitrogens with two attached hydrogens (primary N) is 1. The molecule has 0 bridgehead atoms. The fourth-order valence-corrected chi connectivity index (χ4v) is 1.99. The number of pyridine rings is 1. The van der Waals surface area contributed by atoms with E-state index in [9.17, 15) is 0 Å². The Morgan fingerprint density at radius 2 is 1.82 bits per heavy atom. The van der Waals surface area contributed by atoms with Crippen molar-refractivity contribution in [3.8, 4) is 0 Å². The molecule has 0 fully saturated rings. The van der Waals surface area contributed by atoms with Gasteiger partial charge in [0.25, 0.3) is 0 Å². The highest BCUT2D eigenvalue weighted by atomic mass is 14.6. The van der Waals surface area contributed by atoms with E-state index in [1.54, 1.807) is 12.4 Å². The molecule has 1 aromatic carbocycles. The minimum atomic E-state index is 0.0403. The van der Waals surface area contributed by atoms with E-state index in [1.165, 1.54) is 16.7 Å². The number of benzene rings is 1. The number of rotatable bonds is 3. The molecule has 0 aliphatic rings. The van der Waals surface area contributed by atoms with Crippen molar-refractivity contribution in [1.29, 1.82) is 0 Å². The van der Waals surface area contributed by atoms with Crippen molar-refractivity contribution in [3.05, 3.63) is 65.0 Å². The van der Waals surface area contributed by atoms with E-state index in [2.05, 4.69) is 37.0 Å². The fraction of sp³-hybridized carbons (Fsp3) is 0.267. The van der Waals surface area contributed by atoms with Gasteiger partial charge in [-0.3, -0.25) is 4.98 Å². The zero-order valence-corrected chi connectivity index (χ0v) is 10.4. The molecule has 2 heteroatoms. The van der Waals surface area contributed by atoms with Crippen LogP contribution < -0.4 is 5.73 Å². The van der Waals surface area contributed by atoms with Crippen LogP contribution in [0.2, 0.25) is 0 Å². The molecule has 0 amide bonds. The second-order valence-corrected chi connectivity index (χ2v) is 4.52. The molecule has 0 saturated carbocycles. The molecule has 2 N–H and O–H groups in total. The Morgan fingerprint density at radius 3 is 2.53 bits per heavy atom. The Bertz CT molecular complexity index is 492. The summed E-state index contributed by atoms with van der Waals surface area (Å²) in [5, 5.41) is 0. The number of hydrogen-bond donors (Lipinski definition) is 1. The molecule has 17 heavy (non-hydrogen) atoms. The molecule has 88 valence electrons. The summed E-state index contributed by atoms with van der Waals surface area (Å²) in [4.78, 5) is 4.01. The second-order valence-electron chi connectivity index (χ2n) is 4.52. The topological polar surface area (TPSA) is 38.9 Å². The lowest BCUT2D eigenvalue weighted by Crippen LogP contribution is -2.14. The molecule has 2 aromatic rings. The molecule has 2 rings (SSSR count). The first-order valence-electron chi connectivity index (χ1n) is 5.88. The van der Waals surface area contributed by atoms with Crippen LogP contribution in [0.1, 0.15) is 28.3 Å². The van der Waals surface area contributed by atoms with Crippen molar-refractivity contribution in [2.45, 2.75) is 26.3 Å². The molecule has 1 aromatic heterocycles. The van der Waals surface area contributed by atoms with E-state index in [1.807, 2.05) is 12.1 Å². The summed E-state index contributed by atoms with van der Waals surface area (Å²) in [7, 11) is 0. The van der Waals surface area contributed by atoms with Crippen LogP contribution in [0.15, 0.2) is 42.7 Å². The van der Waals surface area contributed by atoms with Crippen LogP contribution in [0.5, 0.6) is 0 Å². The van der Waals surface area contributed by atoms with Gasteiger partial charge in [0.05, 0.1) is 0 Å². The van der Waals surface area contributed by atoms with E-state index >= 15 is 0 Å². The van der Waals surface area contributed by atoms with Gasteiger partial charge in [-0.25, -0.2) is 0 Å². The van der Waals surface area contributed by atoms with Gasteiger partial charge >= 0.3 is 0 Å². The lowest BCUT2D eigenvalue weighted by molar-refractivity contribution is 0.717. The summed E-state index contributed by atoms with van der Waals surface area (Å²) in [5.74, 6) is 0. The smallest absolute Gasteiger partial charge is 0.0336 e. The molecule has 0 saturated heterocycles. The van der Waals surface area contributed by atoms with Gasteiger partial charge in [-0.05, 0) is 49.1 Å². The lowest BCUT2D eigenvalue weighted by Gasteiger charge is -2.14. The Labute approximate surface area is 103 Å². The van der Waals surface area contributed by atoms with Gasteiger partial charge in [0.15, 0.2) is 0 Å². The van der Waals surface area contributed by atoms with Crippen molar-refractivity contribution >= 4 is 0 Å². The maximum atomic E-state index is 6.22. The molecular weight excluding hydrogens is 208 g/mol. The van der Waals surface area contributed by atoms with Gasteiger partial charge in [0.2, 0.25) is 0 Å². The number of hydrogen-bond acceptors (Lipinski definition) is 2.